The van der Waals surface area contributed by atoms with Crippen LogP contribution in [0.5, 0.6) is 5.75 Å². The molecule has 8 heteroatoms. The number of rotatable bonds is 6. The summed E-state index contributed by atoms with van der Waals surface area (Å²) in [5, 5.41) is 10.0. The molecular weight excluding hydrogens is 337 g/mol. The van der Waals surface area contributed by atoms with E-state index in [0.29, 0.717) is 0 Å². The van der Waals surface area contributed by atoms with E-state index < -0.39 is 17.8 Å². The van der Waals surface area contributed by atoms with Crippen LogP contribution >= 0.6 is 0 Å². The lowest BCUT2D eigenvalue weighted by molar-refractivity contribution is -0.139. The fourth-order valence-electron chi connectivity index (χ4n) is 3.05. The third-order valence-corrected chi connectivity index (χ3v) is 4.37. The molecule has 0 heterocycles. The number of amides is 1. The van der Waals surface area contributed by atoms with Crippen molar-refractivity contribution in [3.8, 4) is 5.75 Å². The Balaban J connectivity index is 1.89. The number of ether oxygens (including phenoxy) is 1. The van der Waals surface area contributed by atoms with Crippen molar-refractivity contribution in [1.82, 2.24) is 4.90 Å². The Kier molecular flexibility index (Phi) is 6.29. The molecule has 0 unspecified atom stereocenters. The summed E-state index contributed by atoms with van der Waals surface area (Å²) in [6.45, 7) is -0.377. The summed E-state index contributed by atoms with van der Waals surface area (Å²) < 4.78 is 43.8. The van der Waals surface area contributed by atoms with Gasteiger partial charge in [0.15, 0.2) is 0 Å². The van der Waals surface area contributed by atoms with E-state index in [9.17, 15) is 23.1 Å². The minimum atomic E-state index is -4.53. The van der Waals surface area contributed by atoms with Gasteiger partial charge in [0, 0.05) is 19.6 Å². The van der Waals surface area contributed by atoms with Crippen LogP contribution in [0.25, 0.3) is 0 Å². The molecule has 25 heavy (non-hydrogen) atoms. The van der Waals surface area contributed by atoms with Crippen molar-refractivity contribution < 1.29 is 27.8 Å². The number of benzene rings is 1. The SMILES string of the molecule is CN(C[C@H](O)COc1ccccc1C(F)(F)F)C(=O)[C@@H]1CCC[C@H]1N. The third kappa shape index (κ3) is 5.09. The van der Waals surface area contributed by atoms with E-state index >= 15 is 0 Å². The monoisotopic (exact) mass is 360 g/mol. The average molecular weight is 360 g/mol. The summed E-state index contributed by atoms with van der Waals surface area (Å²) >= 11 is 0. The fourth-order valence-corrected chi connectivity index (χ4v) is 3.05. The van der Waals surface area contributed by atoms with Gasteiger partial charge in [-0.3, -0.25) is 4.79 Å². The van der Waals surface area contributed by atoms with Crippen LogP contribution in [0.1, 0.15) is 24.8 Å². The van der Waals surface area contributed by atoms with Crippen molar-refractivity contribution in [1.29, 1.82) is 0 Å². The van der Waals surface area contributed by atoms with E-state index in [0.717, 1.165) is 25.3 Å². The van der Waals surface area contributed by atoms with Crippen LogP contribution in [-0.2, 0) is 11.0 Å². The number of likely N-dealkylation sites (N-methyl/N-ethyl adjacent to an activating group) is 1. The molecule has 5 nitrogen and oxygen atoms in total. The van der Waals surface area contributed by atoms with Gasteiger partial charge in [0.1, 0.15) is 18.5 Å². The fraction of sp³-hybridized carbons (Fsp3) is 0.588. The summed E-state index contributed by atoms with van der Waals surface area (Å²) in [6, 6.07) is 4.63. The molecule has 140 valence electrons. The lowest BCUT2D eigenvalue weighted by atomic mass is 10.0. The number of carbonyl (C=O) groups is 1. The van der Waals surface area contributed by atoms with Crippen molar-refractivity contribution in [2.45, 2.75) is 37.6 Å². The number of para-hydroxylation sites is 1. The second-order valence-electron chi connectivity index (χ2n) is 6.38. The molecule has 3 atom stereocenters. The van der Waals surface area contributed by atoms with Gasteiger partial charge in [0.25, 0.3) is 0 Å². The molecule has 0 radical (unpaired) electrons. The Labute approximate surface area is 144 Å². The molecule has 1 aliphatic carbocycles. The summed E-state index contributed by atoms with van der Waals surface area (Å²) in [6.07, 6.45) is -3.23. The van der Waals surface area contributed by atoms with Crippen LogP contribution in [-0.4, -0.2) is 48.3 Å². The predicted molar refractivity (Wildman–Crippen MR) is 85.9 cm³/mol. The van der Waals surface area contributed by atoms with E-state index in [4.69, 9.17) is 10.5 Å². The molecule has 0 bridgehead atoms. The molecule has 1 aliphatic rings. The maximum absolute atomic E-state index is 12.9. The van der Waals surface area contributed by atoms with Crippen LogP contribution in [0, 0.1) is 5.92 Å². The molecule has 1 amide bonds. The zero-order valence-electron chi connectivity index (χ0n) is 14.0. The van der Waals surface area contributed by atoms with Gasteiger partial charge in [-0.05, 0) is 25.0 Å². The van der Waals surface area contributed by atoms with Gasteiger partial charge in [0.05, 0.1) is 11.5 Å². The van der Waals surface area contributed by atoms with E-state index in [1.807, 2.05) is 0 Å². The topological polar surface area (TPSA) is 75.8 Å². The Bertz CT molecular complexity index is 595. The summed E-state index contributed by atoms with van der Waals surface area (Å²) in [5.41, 5.74) is 5.00. The Morgan fingerprint density at radius 2 is 2.08 bits per heavy atom. The third-order valence-electron chi connectivity index (χ3n) is 4.37. The van der Waals surface area contributed by atoms with Crippen LogP contribution in [0.4, 0.5) is 13.2 Å². The number of nitrogens with two attached hydrogens (primary N) is 1. The van der Waals surface area contributed by atoms with Crippen LogP contribution in [0.15, 0.2) is 24.3 Å². The summed E-state index contributed by atoms with van der Waals surface area (Å²) in [5.74, 6) is -0.760. The Morgan fingerprint density at radius 1 is 1.40 bits per heavy atom. The van der Waals surface area contributed by atoms with Crippen molar-refractivity contribution >= 4 is 5.91 Å². The van der Waals surface area contributed by atoms with Gasteiger partial charge >= 0.3 is 6.18 Å². The number of aliphatic hydroxyl groups excluding tert-OH is 1. The number of aliphatic hydroxyl groups is 1. The van der Waals surface area contributed by atoms with E-state index in [1.54, 1.807) is 7.05 Å². The molecule has 2 rings (SSSR count). The normalized spacial score (nSPS) is 21.8. The highest BCUT2D eigenvalue weighted by atomic mass is 19.4. The number of carbonyl (C=O) groups excluding carboxylic acids is 1. The van der Waals surface area contributed by atoms with Crippen LogP contribution < -0.4 is 10.5 Å². The number of alkyl halides is 3. The molecule has 1 fully saturated rings. The number of halogens is 3. The maximum atomic E-state index is 12.9. The lowest BCUT2D eigenvalue weighted by Gasteiger charge is -2.25. The number of hydrogen-bond acceptors (Lipinski definition) is 4. The lowest BCUT2D eigenvalue weighted by Crippen LogP contribution is -2.43. The van der Waals surface area contributed by atoms with Crippen LogP contribution in [0.2, 0.25) is 0 Å². The van der Waals surface area contributed by atoms with Crippen molar-refractivity contribution in [2.24, 2.45) is 11.7 Å². The molecule has 0 aromatic heterocycles. The Hall–Kier alpha value is -1.80. The van der Waals surface area contributed by atoms with E-state index in [1.165, 1.54) is 23.1 Å². The molecule has 1 saturated carbocycles. The summed E-state index contributed by atoms with van der Waals surface area (Å²) in [7, 11) is 1.54. The number of nitrogens with zero attached hydrogens (tertiary/aromatic N) is 1. The zero-order chi connectivity index (χ0) is 18.6. The van der Waals surface area contributed by atoms with Gasteiger partial charge < -0.3 is 20.5 Å². The molecule has 3 N–H and O–H groups in total. The molecule has 0 spiro atoms. The van der Waals surface area contributed by atoms with Crippen LogP contribution in [0.3, 0.4) is 0 Å². The van der Waals surface area contributed by atoms with Gasteiger partial charge in [-0.2, -0.15) is 13.2 Å². The molecule has 0 saturated heterocycles. The maximum Gasteiger partial charge on any atom is 0.419 e. The van der Waals surface area contributed by atoms with E-state index in [-0.39, 0.29) is 36.8 Å². The minimum Gasteiger partial charge on any atom is -0.490 e. The van der Waals surface area contributed by atoms with Crippen molar-refractivity contribution in [3.05, 3.63) is 29.8 Å². The first-order valence-corrected chi connectivity index (χ1v) is 8.17. The highest BCUT2D eigenvalue weighted by molar-refractivity contribution is 5.79. The molecular formula is C17H23F3N2O3. The summed E-state index contributed by atoms with van der Waals surface area (Å²) in [4.78, 5) is 13.7. The highest BCUT2D eigenvalue weighted by Crippen LogP contribution is 2.35. The molecule has 1 aromatic rings. The van der Waals surface area contributed by atoms with Crippen molar-refractivity contribution in [2.75, 3.05) is 20.2 Å². The second-order valence-corrected chi connectivity index (χ2v) is 6.38. The predicted octanol–water partition coefficient (Wildman–Crippen LogP) is 2.03. The Morgan fingerprint density at radius 3 is 2.68 bits per heavy atom. The smallest absolute Gasteiger partial charge is 0.419 e. The average Bonchev–Trinajstić information content (AvgIpc) is 2.97. The first-order chi connectivity index (χ1) is 11.7. The largest absolute Gasteiger partial charge is 0.490 e. The van der Waals surface area contributed by atoms with Gasteiger partial charge in [-0.1, -0.05) is 18.6 Å². The minimum absolute atomic E-state index is 0.0315. The first kappa shape index (κ1) is 19.5. The van der Waals surface area contributed by atoms with Gasteiger partial charge in [-0.15, -0.1) is 0 Å². The van der Waals surface area contributed by atoms with E-state index in [2.05, 4.69) is 0 Å². The first-order valence-electron chi connectivity index (χ1n) is 8.17. The second kappa shape index (κ2) is 8.05. The standard InChI is InChI=1S/C17H23F3N2O3/c1-22(16(24)12-5-4-7-14(12)21)9-11(23)10-25-15-8-3-2-6-13(15)17(18,19)20/h2-3,6,8,11-12,14,23H,4-5,7,9-10,21H2,1H3/t11-,12+,14+/m0/s1. The molecule has 0 aliphatic heterocycles. The quantitative estimate of drug-likeness (QED) is 0.814. The highest BCUT2D eigenvalue weighted by Gasteiger charge is 2.35. The van der Waals surface area contributed by atoms with Gasteiger partial charge in [0.2, 0.25) is 5.91 Å². The zero-order valence-corrected chi connectivity index (χ0v) is 14.0. The van der Waals surface area contributed by atoms with Gasteiger partial charge in [-0.25, -0.2) is 0 Å². The number of hydrogen-bond donors (Lipinski definition) is 2. The molecule has 1 aromatic carbocycles. The van der Waals surface area contributed by atoms with Crippen molar-refractivity contribution in [3.63, 3.8) is 0 Å².